The van der Waals surface area contributed by atoms with Gasteiger partial charge in [0.15, 0.2) is 5.82 Å². The number of amides is 1. The van der Waals surface area contributed by atoms with Gasteiger partial charge in [-0.05, 0) is 66.1 Å². The van der Waals surface area contributed by atoms with Crippen molar-refractivity contribution in [2.45, 2.75) is 25.9 Å². The van der Waals surface area contributed by atoms with Crippen molar-refractivity contribution in [1.82, 2.24) is 24.6 Å². The Balaban J connectivity index is 1.63. The molecule has 2 aromatic heterocycles. The van der Waals surface area contributed by atoms with Gasteiger partial charge in [0.25, 0.3) is 5.56 Å². The fraction of sp³-hybridized carbons (Fsp3) is 0.200. The molecule has 0 spiro atoms. The van der Waals surface area contributed by atoms with Crippen molar-refractivity contribution >= 4 is 55.3 Å². The zero-order valence-electron chi connectivity index (χ0n) is 27.7. The maximum Gasteiger partial charge on any atom is 0.405 e. The van der Waals surface area contributed by atoms with Gasteiger partial charge in [0, 0.05) is 19.5 Å². The molecule has 4 aromatic carbocycles. The number of carboxylic acid groups (broad SMARTS) is 1. The third-order valence-corrected chi connectivity index (χ3v) is 9.78. The number of benzene rings is 4. The highest BCUT2D eigenvalue weighted by molar-refractivity contribution is 7.92. The van der Waals surface area contributed by atoms with Gasteiger partial charge in [0.05, 0.1) is 58.5 Å². The van der Waals surface area contributed by atoms with Crippen molar-refractivity contribution in [3.63, 3.8) is 0 Å². The van der Waals surface area contributed by atoms with Gasteiger partial charge in [0.2, 0.25) is 10.0 Å². The first-order valence-corrected chi connectivity index (χ1v) is 17.6. The number of carbonyl (C=O) groups is 1. The lowest BCUT2D eigenvalue weighted by Gasteiger charge is -2.23. The second-order valence-corrected chi connectivity index (χ2v) is 14.2. The lowest BCUT2D eigenvalue weighted by molar-refractivity contribution is 0.189. The summed E-state index contributed by atoms with van der Waals surface area (Å²) in [6.45, 7) is 1.60. The highest BCUT2D eigenvalue weighted by Crippen LogP contribution is 2.38. The largest absolute Gasteiger partial charge is 0.497 e. The van der Waals surface area contributed by atoms with Crippen molar-refractivity contribution in [2.24, 2.45) is 7.05 Å². The SMILES string of the molecule is COc1ccc(CN(c2nn(C)c3c(-n4c([C@H](Cc5cc(F)cc(F)c5)NC(=O)O)nc5cccc(C)c5c4=O)ccc(Cl)c23)S(C)(=O)=O)cc1. The lowest BCUT2D eigenvalue weighted by atomic mass is 10.0. The molecule has 6 rings (SSSR count). The molecule has 51 heavy (non-hydrogen) atoms. The Bertz CT molecular complexity index is 2490. The molecule has 16 heteroatoms. The minimum absolute atomic E-state index is 0.0207. The smallest absolute Gasteiger partial charge is 0.405 e. The molecule has 0 fully saturated rings. The molecule has 1 amide bonds. The van der Waals surface area contributed by atoms with Crippen LogP contribution in [0.2, 0.25) is 5.02 Å². The molecule has 2 N–H and O–H groups in total. The van der Waals surface area contributed by atoms with E-state index in [2.05, 4.69) is 10.4 Å². The number of aromatic nitrogens is 4. The van der Waals surface area contributed by atoms with Gasteiger partial charge in [-0.1, -0.05) is 35.9 Å². The Morgan fingerprint density at radius 3 is 2.35 bits per heavy atom. The van der Waals surface area contributed by atoms with Crippen LogP contribution in [0.25, 0.3) is 27.5 Å². The van der Waals surface area contributed by atoms with E-state index in [0.29, 0.717) is 22.9 Å². The van der Waals surface area contributed by atoms with Crippen molar-refractivity contribution in [2.75, 3.05) is 17.7 Å². The van der Waals surface area contributed by atoms with Crippen molar-refractivity contribution in [1.29, 1.82) is 0 Å². The third-order valence-electron chi connectivity index (χ3n) is 8.36. The molecule has 264 valence electrons. The van der Waals surface area contributed by atoms with Crippen LogP contribution in [-0.4, -0.2) is 52.3 Å². The molecule has 0 radical (unpaired) electrons. The van der Waals surface area contributed by atoms with E-state index >= 15 is 0 Å². The van der Waals surface area contributed by atoms with Gasteiger partial charge in [-0.2, -0.15) is 5.10 Å². The molecule has 0 bridgehead atoms. The van der Waals surface area contributed by atoms with E-state index in [-0.39, 0.29) is 62.7 Å². The van der Waals surface area contributed by atoms with Crippen LogP contribution in [0.3, 0.4) is 0 Å². The number of fused-ring (bicyclic) bond motifs is 2. The molecule has 0 aliphatic carbocycles. The van der Waals surface area contributed by atoms with E-state index < -0.39 is 39.4 Å². The van der Waals surface area contributed by atoms with E-state index in [4.69, 9.17) is 21.3 Å². The summed E-state index contributed by atoms with van der Waals surface area (Å²) in [5, 5.41) is 17.4. The number of rotatable bonds is 10. The topological polar surface area (TPSA) is 149 Å². The average molecular weight is 737 g/mol. The highest BCUT2D eigenvalue weighted by atomic mass is 35.5. The molecule has 0 saturated carbocycles. The highest BCUT2D eigenvalue weighted by Gasteiger charge is 2.30. The first kappa shape index (κ1) is 35.3. The first-order chi connectivity index (χ1) is 24.2. The Hall–Kier alpha value is -5.54. The number of ether oxygens (including phenoxy) is 1. The number of halogens is 3. The van der Waals surface area contributed by atoms with Crippen LogP contribution in [0.15, 0.2) is 77.6 Å². The van der Waals surface area contributed by atoms with Crippen LogP contribution >= 0.6 is 11.6 Å². The molecule has 2 heterocycles. The number of anilines is 1. The summed E-state index contributed by atoms with van der Waals surface area (Å²) in [6, 6.07) is 16.3. The maximum absolute atomic E-state index is 14.6. The maximum atomic E-state index is 14.6. The normalized spacial score (nSPS) is 12.3. The van der Waals surface area contributed by atoms with E-state index in [0.717, 1.165) is 22.7 Å². The van der Waals surface area contributed by atoms with E-state index in [1.165, 1.54) is 28.5 Å². The van der Waals surface area contributed by atoms with Gasteiger partial charge < -0.3 is 15.2 Å². The van der Waals surface area contributed by atoms with Crippen molar-refractivity contribution < 1.29 is 31.8 Å². The predicted molar refractivity (Wildman–Crippen MR) is 189 cm³/mol. The number of aryl methyl sites for hydroxylation is 2. The fourth-order valence-electron chi connectivity index (χ4n) is 6.14. The zero-order valence-corrected chi connectivity index (χ0v) is 29.3. The second kappa shape index (κ2) is 13.6. The van der Waals surface area contributed by atoms with Crippen LogP contribution in [-0.2, 0) is 30.0 Å². The first-order valence-electron chi connectivity index (χ1n) is 15.4. The number of nitrogens with one attached hydrogen (secondary N) is 1. The van der Waals surface area contributed by atoms with Crippen molar-refractivity contribution in [3.8, 4) is 11.4 Å². The number of hydrogen-bond acceptors (Lipinski definition) is 7. The third kappa shape index (κ3) is 6.94. The molecule has 0 unspecified atom stereocenters. The van der Waals surface area contributed by atoms with Gasteiger partial charge >= 0.3 is 6.09 Å². The van der Waals surface area contributed by atoms with Crippen LogP contribution in [0, 0.1) is 18.6 Å². The zero-order chi connectivity index (χ0) is 36.8. The standard InChI is InChI=1S/C35H31ClF2N6O6S/c1-19-6-5-7-26-29(19)34(45)44(32(39-26)27(40-35(46)47)16-21-14-22(37)17-23(38)15-21)28-13-12-25(36)30-31(28)42(2)41-33(30)43(51(4,48)49)18-20-8-10-24(50-3)11-9-20/h5-15,17,27,40H,16,18H2,1-4H3,(H,46,47)/t27-/m0/s1. The minimum atomic E-state index is -3.97. The summed E-state index contributed by atoms with van der Waals surface area (Å²) < 4.78 is 64.0. The minimum Gasteiger partial charge on any atom is -0.497 e. The van der Waals surface area contributed by atoms with E-state index in [1.54, 1.807) is 56.4 Å². The predicted octanol–water partition coefficient (Wildman–Crippen LogP) is 6.04. The summed E-state index contributed by atoms with van der Waals surface area (Å²) in [4.78, 5) is 31.5. The lowest BCUT2D eigenvalue weighted by Crippen LogP contribution is -2.35. The fourth-order valence-corrected chi connectivity index (χ4v) is 7.20. The molecule has 12 nitrogen and oxygen atoms in total. The summed E-state index contributed by atoms with van der Waals surface area (Å²) in [5.74, 6) is -1.28. The molecule has 0 aliphatic heterocycles. The second-order valence-electron chi connectivity index (χ2n) is 11.9. The molecule has 0 aliphatic rings. The molecule has 1 atom stereocenters. The van der Waals surface area contributed by atoms with E-state index in [1.807, 2.05) is 0 Å². The average Bonchev–Trinajstić information content (AvgIpc) is 3.40. The Morgan fingerprint density at radius 2 is 1.73 bits per heavy atom. The molecule has 0 saturated heterocycles. The van der Waals surface area contributed by atoms with Crippen LogP contribution in [0.4, 0.5) is 19.4 Å². The quantitative estimate of drug-likeness (QED) is 0.173. The van der Waals surface area contributed by atoms with Crippen molar-refractivity contribution in [3.05, 3.63) is 122 Å². The Kier molecular flexibility index (Phi) is 9.44. The van der Waals surface area contributed by atoms with Gasteiger partial charge in [0.1, 0.15) is 23.2 Å². The summed E-state index contributed by atoms with van der Waals surface area (Å²) in [5.41, 5.74) is 1.35. The summed E-state index contributed by atoms with van der Waals surface area (Å²) in [7, 11) is -0.910. The number of methoxy groups -OCH3 is 1. The number of sulfonamides is 1. The number of hydrogen-bond donors (Lipinski definition) is 2. The van der Waals surface area contributed by atoms with E-state index in [9.17, 15) is 31.9 Å². The molecular weight excluding hydrogens is 706 g/mol. The molecule has 6 aromatic rings. The monoisotopic (exact) mass is 736 g/mol. The Morgan fingerprint density at radius 1 is 1.04 bits per heavy atom. The summed E-state index contributed by atoms with van der Waals surface area (Å²) in [6.07, 6.45) is -0.736. The van der Waals surface area contributed by atoms with Gasteiger partial charge in [-0.3, -0.25) is 14.0 Å². The van der Waals surface area contributed by atoms with Crippen LogP contribution in [0.1, 0.15) is 28.6 Å². The van der Waals surface area contributed by atoms with Gasteiger partial charge in [-0.25, -0.2) is 31.3 Å². The van der Waals surface area contributed by atoms with Crippen LogP contribution in [0.5, 0.6) is 5.75 Å². The van der Waals surface area contributed by atoms with Gasteiger partial charge in [-0.15, -0.1) is 0 Å². The molecular formula is C35H31ClF2N6O6S. The Labute approximate surface area is 295 Å². The summed E-state index contributed by atoms with van der Waals surface area (Å²) >= 11 is 6.78. The van der Waals surface area contributed by atoms with Crippen LogP contribution < -0.4 is 19.9 Å². The number of nitrogens with zero attached hydrogens (tertiary/aromatic N) is 5.